The summed E-state index contributed by atoms with van der Waals surface area (Å²) in [6, 6.07) is 9.49. The van der Waals surface area contributed by atoms with Crippen LogP contribution in [0.3, 0.4) is 0 Å². The van der Waals surface area contributed by atoms with Crippen molar-refractivity contribution < 1.29 is 9.30 Å². The Morgan fingerprint density at radius 2 is 1.78 bits per heavy atom. The van der Waals surface area contributed by atoms with Gasteiger partial charge in [0, 0.05) is 37.4 Å². The van der Waals surface area contributed by atoms with Gasteiger partial charge in [-0.05, 0) is 59.1 Å². The van der Waals surface area contributed by atoms with E-state index in [4.69, 9.17) is 4.74 Å². The lowest BCUT2D eigenvalue weighted by Crippen LogP contribution is -2.14. The summed E-state index contributed by atoms with van der Waals surface area (Å²) in [5.41, 5.74) is 4.56. The van der Waals surface area contributed by atoms with Gasteiger partial charge in [0.2, 0.25) is 5.95 Å². The lowest BCUT2D eigenvalue weighted by molar-refractivity contribution is 0.417. The van der Waals surface area contributed by atoms with Gasteiger partial charge in [-0.2, -0.15) is 10.1 Å². The van der Waals surface area contributed by atoms with Gasteiger partial charge < -0.3 is 19.9 Å². The van der Waals surface area contributed by atoms with Crippen molar-refractivity contribution in [1.29, 1.82) is 0 Å². The van der Waals surface area contributed by atoms with E-state index in [0.717, 1.165) is 11.1 Å². The number of hydrogen-bond donors (Lipinski definition) is 2. The fraction of sp³-hybridized carbons (Fsp3) is 0.160. The molecule has 0 amide bonds. The van der Waals surface area contributed by atoms with E-state index in [-0.39, 0.29) is 0 Å². The number of halogens is 1. The molecule has 37 heavy (non-hydrogen) atoms. The quantitative estimate of drug-likeness (QED) is 0.247. The summed E-state index contributed by atoms with van der Waals surface area (Å²) < 4.78 is 21.2. The first-order valence-electron chi connectivity index (χ1n) is 11.3. The Morgan fingerprint density at radius 1 is 0.973 bits per heavy atom. The van der Waals surface area contributed by atoms with E-state index in [0.29, 0.717) is 49.7 Å². The maximum absolute atomic E-state index is 13.3. The molecule has 2 N–H and O–H groups in total. The van der Waals surface area contributed by atoms with Crippen LogP contribution < -0.4 is 20.7 Å². The Morgan fingerprint density at radius 3 is 2.51 bits per heavy atom. The molecule has 0 atom stereocenters. The number of fused-ring (bicyclic) bond motifs is 1. The normalized spacial score (nSPS) is 11.5. The number of methoxy groups -OCH3 is 1. The smallest absolute Gasteiger partial charge is 0.229 e. The number of rotatable bonds is 7. The molecule has 5 rings (SSSR count). The topological polar surface area (TPSA) is 120 Å². The third kappa shape index (κ3) is 5.19. The second-order valence-corrected chi connectivity index (χ2v) is 12.7. The van der Waals surface area contributed by atoms with Gasteiger partial charge in [-0.25, -0.2) is 4.98 Å². The minimum atomic E-state index is -2.73. The predicted octanol–water partition coefficient (Wildman–Crippen LogP) is 5.33. The number of aryl methyl sites for hydroxylation is 1. The molecule has 3 heterocycles. The number of anilines is 4. The summed E-state index contributed by atoms with van der Waals surface area (Å²) in [6.07, 6.45) is 8.60. The molecule has 0 aliphatic rings. The molecule has 0 aliphatic carbocycles. The van der Waals surface area contributed by atoms with Gasteiger partial charge >= 0.3 is 0 Å². The predicted molar refractivity (Wildman–Crippen MR) is 150 cm³/mol. The highest BCUT2D eigenvalue weighted by Gasteiger charge is 2.22. The zero-order chi connectivity index (χ0) is 26.2. The molecule has 5 aromatic rings. The van der Waals surface area contributed by atoms with Gasteiger partial charge in [0.1, 0.15) is 24.2 Å². The van der Waals surface area contributed by atoms with Crippen LogP contribution in [0.5, 0.6) is 5.75 Å². The monoisotopic (exact) mass is 578 g/mol. The first-order valence-corrected chi connectivity index (χ1v) is 14.7. The summed E-state index contributed by atoms with van der Waals surface area (Å²) in [5.74, 6) is 1.49. The lowest BCUT2D eigenvalue weighted by Gasteiger charge is -2.18. The standard InChI is InChI=1S/C25H24BrN8O2P/c1-34-14-16(12-30-34)15-5-8-21(36-2)20(11-15)32-25-29-13-17(26)24(33-25)31-19-7-6-18-22(28-10-9-27-18)23(19)37(3,4)35/h5-14H,1-4H3,(H2,29,31,32,33). The molecule has 3 aromatic heterocycles. The highest BCUT2D eigenvalue weighted by atomic mass is 79.9. The fourth-order valence-electron chi connectivity index (χ4n) is 3.99. The molecule has 188 valence electrons. The molecule has 0 fully saturated rings. The van der Waals surface area contributed by atoms with Crippen molar-refractivity contribution in [3.8, 4) is 16.9 Å². The Kier molecular flexibility index (Phi) is 6.66. The molecule has 2 aromatic carbocycles. The zero-order valence-electron chi connectivity index (χ0n) is 20.6. The van der Waals surface area contributed by atoms with Gasteiger partial charge in [0.05, 0.1) is 40.0 Å². The number of nitrogens with zero attached hydrogens (tertiary/aromatic N) is 6. The van der Waals surface area contributed by atoms with E-state index in [2.05, 4.69) is 51.6 Å². The minimum absolute atomic E-state index is 0.352. The highest BCUT2D eigenvalue weighted by Crippen LogP contribution is 2.41. The van der Waals surface area contributed by atoms with E-state index in [9.17, 15) is 4.57 Å². The summed E-state index contributed by atoms with van der Waals surface area (Å²) in [5, 5.41) is 11.4. The van der Waals surface area contributed by atoms with Crippen LogP contribution in [0.15, 0.2) is 65.8 Å². The maximum atomic E-state index is 13.3. The van der Waals surface area contributed by atoms with E-state index < -0.39 is 7.14 Å². The van der Waals surface area contributed by atoms with Crippen LogP contribution >= 0.6 is 23.1 Å². The van der Waals surface area contributed by atoms with Crippen molar-refractivity contribution in [2.75, 3.05) is 31.1 Å². The van der Waals surface area contributed by atoms with Crippen molar-refractivity contribution in [2.45, 2.75) is 0 Å². The Labute approximate surface area is 222 Å². The molecule has 10 nitrogen and oxygen atoms in total. The zero-order valence-corrected chi connectivity index (χ0v) is 23.1. The van der Waals surface area contributed by atoms with Crippen molar-refractivity contribution >= 4 is 62.6 Å². The minimum Gasteiger partial charge on any atom is -0.495 e. The van der Waals surface area contributed by atoms with E-state index in [1.807, 2.05) is 43.6 Å². The molecular weight excluding hydrogens is 555 g/mol. The molecule has 0 spiro atoms. The van der Waals surface area contributed by atoms with Crippen molar-refractivity contribution in [1.82, 2.24) is 29.7 Å². The molecule has 0 aliphatic heterocycles. The maximum Gasteiger partial charge on any atom is 0.229 e. The van der Waals surface area contributed by atoms with Crippen LogP contribution in [-0.4, -0.2) is 50.2 Å². The van der Waals surface area contributed by atoms with Gasteiger partial charge in [-0.15, -0.1) is 0 Å². The van der Waals surface area contributed by atoms with Crippen molar-refractivity contribution in [3.05, 3.63) is 65.8 Å². The average molecular weight is 579 g/mol. The van der Waals surface area contributed by atoms with Gasteiger partial charge in [0.25, 0.3) is 0 Å². The molecule has 0 saturated carbocycles. The molecule has 0 bridgehead atoms. The second kappa shape index (κ2) is 9.91. The third-order valence-corrected chi connectivity index (χ3v) is 7.74. The van der Waals surface area contributed by atoms with Gasteiger partial charge in [-0.3, -0.25) is 14.6 Å². The molecule has 0 saturated heterocycles. The summed E-state index contributed by atoms with van der Waals surface area (Å²) in [6.45, 7) is 3.43. The fourth-order valence-corrected chi connectivity index (χ4v) is 5.67. The van der Waals surface area contributed by atoms with Crippen LogP contribution in [0.1, 0.15) is 0 Å². The highest BCUT2D eigenvalue weighted by molar-refractivity contribution is 9.10. The third-order valence-electron chi connectivity index (χ3n) is 5.63. The largest absolute Gasteiger partial charge is 0.495 e. The molecule has 0 unspecified atom stereocenters. The first kappa shape index (κ1) is 24.9. The van der Waals surface area contributed by atoms with Crippen LogP contribution in [0.25, 0.3) is 22.2 Å². The number of hydrogen-bond acceptors (Lipinski definition) is 9. The Hall–Kier alpha value is -3.82. The molecule has 12 heteroatoms. The van der Waals surface area contributed by atoms with Crippen LogP contribution in [0.4, 0.5) is 23.1 Å². The van der Waals surface area contributed by atoms with Gasteiger partial charge in [0.15, 0.2) is 0 Å². The second-order valence-electron chi connectivity index (χ2n) is 8.69. The summed E-state index contributed by atoms with van der Waals surface area (Å²) in [7, 11) is 0.757. The number of benzene rings is 2. The average Bonchev–Trinajstić information content (AvgIpc) is 3.31. The van der Waals surface area contributed by atoms with Crippen molar-refractivity contribution in [2.24, 2.45) is 7.05 Å². The Bertz CT molecular complexity index is 1670. The first-order chi connectivity index (χ1) is 17.7. The number of aromatic nitrogens is 6. The van der Waals surface area contributed by atoms with E-state index >= 15 is 0 Å². The lowest BCUT2D eigenvalue weighted by atomic mass is 10.1. The van der Waals surface area contributed by atoms with E-state index in [1.54, 1.807) is 49.9 Å². The summed E-state index contributed by atoms with van der Waals surface area (Å²) >= 11 is 3.52. The molecule has 0 radical (unpaired) electrons. The van der Waals surface area contributed by atoms with Crippen LogP contribution in [0.2, 0.25) is 0 Å². The van der Waals surface area contributed by atoms with Gasteiger partial charge in [-0.1, -0.05) is 6.07 Å². The number of ether oxygens (including phenoxy) is 1. The Balaban J connectivity index is 1.51. The van der Waals surface area contributed by atoms with E-state index in [1.165, 1.54) is 0 Å². The van der Waals surface area contributed by atoms with Crippen molar-refractivity contribution in [3.63, 3.8) is 0 Å². The SMILES string of the molecule is COc1ccc(-c2cnn(C)c2)cc1Nc1ncc(Br)c(Nc2ccc3nccnc3c2P(C)(C)=O)n1. The molecular formula is C25H24BrN8O2P. The van der Waals surface area contributed by atoms with Crippen LogP contribution in [-0.2, 0) is 11.6 Å². The number of nitrogens with one attached hydrogen (secondary N) is 2. The van der Waals surface area contributed by atoms with Crippen LogP contribution in [0, 0.1) is 0 Å². The summed E-state index contributed by atoms with van der Waals surface area (Å²) in [4.78, 5) is 17.9.